The van der Waals surface area contributed by atoms with Gasteiger partial charge in [-0.1, -0.05) is 29.8 Å². The Hall–Kier alpha value is -1.29. The van der Waals surface area contributed by atoms with Crippen LogP contribution in [-0.2, 0) is 11.0 Å². The molecule has 5 heteroatoms. The van der Waals surface area contributed by atoms with E-state index in [2.05, 4.69) is 0 Å². The van der Waals surface area contributed by atoms with E-state index in [0.717, 1.165) is 12.1 Å². The fraction of sp³-hybridized carbons (Fsp3) is 0.100. The summed E-state index contributed by atoms with van der Waals surface area (Å²) in [5.41, 5.74) is -1.05. The van der Waals surface area contributed by atoms with Gasteiger partial charge in [0.05, 0.1) is 10.6 Å². The predicted molar refractivity (Wildman–Crippen MR) is 51.3 cm³/mol. The molecule has 0 aliphatic rings. The lowest BCUT2D eigenvalue weighted by Gasteiger charge is -2.11. The highest BCUT2D eigenvalue weighted by atomic mass is 35.5. The van der Waals surface area contributed by atoms with Crippen LogP contribution in [0, 0.1) is 0 Å². The van der Waals surface area contributed by atoms with Gasteiger partial charge in [0.2, 0.25) is 0 Å². The van der Waals surface area contributed by atoms with Gasteiger partial charge >= 0.3 is 6.18 Å². The van der Waals surface area contributed by atoms with Gasteiger partial charge in [-0.3, -0.25) is 4.79 Å². The molecule has 15 heavy (non-hydrogen) atoms. The molecule has 0 aromatic heterocycles. The summed E-state index contributed by atoms with van der Waals surface area (Å²) in [5.74, 6) is 0. The van der Waals surface area contributed by atoms with Crippen LogP contribution in [0.5, 0.6) is 0 Å². The minimum Gasteiger partial charge on any atom is -0.299 e. The summed E-state index contributed by atoms with van der Waals surface area (Å²) in [6, 6.07) is 4.81. The van der Waals surface area contributed by atoms with Gasteiger partial charge in [-0.2, -0.15) is 13.2 Å². The Morgan fingerprint density at radius 2 is 1.87 bits per heavy atom. The minimum atomic E-state index is -4.48. The van der Waals surface area contributed by atoms with Crippen molar-refractivity contribution in [3.05, 3.63) is 41.5 Å². The Morgan fingerprint density at radius 1 is 1.27 bits per heavy atom. The van der Waals surface area contributed by atoms with Crippen LogP contribution in [0.15, 0.2) is 30.3 Å². The standard InChI is InChI=1S/C10H6ClF3O/c11-9(5-6-15)7-3-1-2-4-8(7)10(12,13)14/h1-6H/b9-5-. The molecule has 0 amide bonds. The second-order valence-corrected chi connectivity index (χ2v) is 3.10. The van der Waals surface area contributed by atoms with Crippen molar-refractivity contribution in [2.45, 2.75) is 6.18 Å². The minimum absolute atomic E-state index is 0.196. The van der Waals surface area contributed by atoms with E-state index in [1.165, 1.54) is 18.2 Å². The summed E-state index contributed by atoms with van der Waals surface area (Å²) < 4.78 is 37.4. The lowest BCUT2D eigenvalue weighted by molar-refractivity contribution is -0.137. The molecule has 1 nitrogen and oxygen atoms in total. The Labute approximate surface area is 89.2 Å². The molecule has 0 saturated carbocycles. The maximum Gasteiger partial charge on any atom is 0.417 e. The number of carbonyl (C=O) groups excluding carboxylic acids is 1. The Morgan fingerprint density at radius 3 is 2.40 bits per heavy atom. The van der Waals surface area contributed by atoms with E-state index >= 15 is 0 Å². The van der Waals surface area contributed by atoms with E-state index in [1.807, 2.05) is 0 Å². The highest BCUT2D eigenvalue weighted by Gasteiger charge is 2.33. The van der Waals surface area contributed by atoms with Crippen LogP contribution in [-0.4, -0.2) is 6.29 Å². The zero-order valence-corrected chi connectivity index (χ0v) is 8.14. The number of carbonyl (C=O) groups is 1. The van der Waals surface area contributed by atoms with Crippen LogP contribution in [0.3, 0.4) is 0 Å². The third kappa shape index (κ3) is 2.83. The molecule has 1 aromatic carbocycles. The van der Waals surface area contributed by atoms with Crippen LogP contribution in [0.1, 0.15) is 11.1 Å². The molecule has 0 saturated heterocycles. The van der Waals surface area contributed by atoms with Gasteiger partial charge in [-0.25, -0.2) is 0 Å². The molecule has 1 aromatic rings. The average Bonchev–Trinajstić information content (AvgIpc) is 2.17. The van der Waals surface area contributed by atoms with Crippen molar-refractivity contribution in [3.8, 4) is 0 Å². The quantitative estimate of drug-likeness (QED) is 0.566. The van der Waals surface area contributed by atoms with Gasteiger partial charge in [-0.15, -0.1) is 0 Å². The summed E-state index contributed by atoms with van der Waals surface area (Å²) in [6.45, 7) is 0. The third-order valence-electron chi connectivity index (χ3n) is 1.70. The van der Waals surface area contributed by atoms with Crippen molar-refractivity contribution in [3.63, 3.8) is 0 Å². The first-order valence-electron chi connectivity index (χ1n) is 3.94. The molecule has 0 N–H and O–H groups in total. The van der Waals surface area contributed by atoms with Crippen LogP contribution in [0.25, 0.3) is 5.03 Å². The van der Waals surface area contributed by atoms with Gasteiger partial charge < -0.3 is 0 Å². The molecule has 80 valence electrons. The molecule has 0 heterocycles. The molecule has 1 rings (SSSR count). The highest BCUT2D eigenvalue weighted by molar-refractivity contribution is 6.49. The van der Waals surface area contributed by atoms with Gasteiger partial charge in [0.25, 0.3) is 0 Å². The summed E-state index contributed by atoms with van der Waals surface area (Å²) in [4.78, 5) is 10.1. The van der Waals surface area contributed by atoms with Gasteiger partial charge in [0, 0.05) is 5.56 Å². The molecular formula is C10H6ClF3O. The zero-order chi connectivity index (χ0) is 11.5. The molecule has 0 radical (unpaired) electrons. The lowest BCUT2D eigenvalue weighted by atomic mass is 10.1. The van der Waals surface area contributed by atoms with E-state index in [1.54, 1.807) is 0 Å². The number of rotatable bonds is 2. The summed E-state index contributed by atoms with van der Waals surface area (Å²) in [5, 5.41) is -0.224. The predicted octanol–water partition coefficient (Wildman–Crippen LogP) is 3.48. The van der Waals surface area contributed by atoms with Crippen LogP contribution >= 0.6 is 11.6 Å². The van der Waals surface area contributed by atoms with Crippen molar-refractivity contribution < 1.29 is 18.0 Å². The Balaban J connectivity index is 3.30. The average molecular weight is 235 g/mol. The highest BCUT2D eigenvalue weighted by Crippen LogP contribution is 2.35. The van der Waals surface area contributed by atoms with E-state index in [0.29, 0.717) is 6.29 Å². The second kappa shape index (κ2) is 4.49. The maximum atomic E-state index is 12.5. The number of allylic oxidation sites excluding steroid dienone is 1. The van der Waals surface area contributed by atoms with Crippen LogP contribution in [0.2, 0.25) is 0 Å². The summed E-state index contributed by atoms with van der Waals surface area (Å²) in [6.07, 6.45) is -3.25. The first-order valence-corrected chi connectivity index (χ1v) is 4.32. The molecule has 0 unspecified atom stereocenters. The number of hydrogen-bond acceptors (Lipinski definition) is 1. The molecular weight excluding hydrogens is 229 g/mol. The molecule has 0 fully saturated rings. The molecule has 0 atom stereocenters. The van der Waals surface area contributed by atoms with Gasteiger partial charge in [0.1, 0.15) is 6.29 Å². The van der Waals surface area contributed by atoms with Crippen molar-refractivity contribution >= 4 is 22.9 Å². The van der Waals surface area contributed by atoms with Crippen molar-refractivity contribution in [1.82, 2.24) is 0 Å². The fourth-order valence-electron chi connectivity index (χ4n) is 1.09. The first-order chi connectivity index (χ1) is 6.96. The molecule has 0 spiro atoms. The van der Waals surface area contributed by atoms with Crippen LogP contribution in [0.4, 0.5) is 13.2 Å². The molecule has 0 aliphatic carbocycles. The normalized spacial score (nSPS) is 12.7. The maximum absolute atomic E-state index is 12.5. The second-order valence-electron chi connectivity index (χ2n) is 2.69. The largest absolute Gasteiger partial charge is 0.417 e. The number of benzene rings is 1. The van der Waals surface area contributed by atoms with Gasteiger partial charge in [-0.05, 0) is 12.1 Å². The van der Waals surface area contributed by atoms with E-state index in [9.17, 15) is 18.0 Å². The van der Waals surface area contributed by atoms with Gasteiger partial charge in [0.15, 0.2) is 0 Å². The van der Waals surface area contributed by atoms with E-state index in [4.69, 9.17) is 11.6 Å². The van der Waals surface area contributed by atoms with Crippen molar-refractivity contribution in [1.29, 1.82) is 0 Å². The summed E-state index contributed by atoms with van der Waals surface area (Å²) in [7, 11) is 0. The molecule has 0 aliphatic heterocycles. The van der Waals surface area contributed by atoms with Crippen LogP contribution < -0.4 is 0 Å². The SMILES string of the molecule is O=C/C=C(\Cl)c1ccccc1C(F)(F)F. The Kier molecular flexibility index (Phi) is 3.52. The lowest BCUT2D eigenvalue weighted by Crippen LogP contribution is -2.07. The van der Waals surface area contributed by atoms with E-state index < -0.39 is 11.7 Å². The Bertz CT molecular complexity index is 396. The van der Waals surface area contributed by atoms with E-state index in [-0.39, 0.29) is 10.6 Å². The first kappa shape index (κ1) is 11.8. The number of alkyl halides is 3. The number of aldehydes is 1. The topological polar surface area (TPSA) is 17.1 Å². The number of halogens is 4. The summed E-state index contributed by atoms with van der Waals surface area (Å²) >= 11 is 5.55. The molecule has 0 bridgehead atoms. The zero-order valence-electron chi connectivity index (χ0n) is 7.38. The smallest absolute Gasteiger partial charge is 0.299 e. The third-order valence-corrected chi connectivity index (χ3v) is 2.03. The van der Waals surface area contributed by atoms with Crippen molar-refractivity contribution in [2.75, 3.05) is 0 Å². The fourth-order valence-corrected chi connectivity index (χ4v) is 1.30. The van der Waals surface area contributed by atoms with Crippen molar-refractivity contribution in [2.24, 2.45) is 0 Å². The monoisotopic (exact) mass is 234 g/mol. The number of hydrogen-bond donors (Lipinski definition) is 0.